The zero-order chi connectivity index (χ0) is 16.1. The van der Waals surface area contributed by atoms with Crippen molar-refractivity contribution in [3.8, 4) is 0 Å². The molecule has 0 aliphatic carbocycles. The van der Waals surface area contributed by atoms with Crippen LogP contribution in [0.5, 0.6) is 0 Å². The van der Waals surface area contributed by atoms with Gasteiger partial charge in [0.05, 0.1) is 7.11 Å². The van der Waals surface area contributed by atoms with Crippen LogP contribution in [0.3, 0.4) is 0 Å². The Balaban J connectivity index is 2.23. The number of hydrogen-bond donors (Lipinski definition) is 1. The van der Waals surface area contributed by atoms with Gasteiger partial charge in [-0.1, -0.05) is 41.4 Å². The van der Waals surface area contributed by atoms with Gasteiger partial charge in [-0.05, 0) is 12.1 Å². The van der Waals surface area contributed by atoms with Gasteiger partial charge < -0.3 is 14.5 Å². The molecule has 116 valence electrons. The monoisotopic (exact) mass is 343 g/mol. The van der Waals surface area contributed by atoms with Gasteiger partial charge in [-0.2, -0.15) is 0 Å². The summed E-state index contributed by atoms with van der Waals surface area (Å²) in [6.07, 6.45) is 0. The number of carbonyl (C=O) groups is 2. The van der Waals surface area contributed by atoms with Gasteiger partial charge in [-0.3, -0.25) is 4.79 Å². The van der Waals surface area contributed by atoms with Crippen LogP contribution in [0.15, 0.2) is 34.7 Å². The highest BCUT2D eigenvalue weighted by Gasteiger charge is 2.30. The van der Waals surface area contributed by atoms with Crippen molar-refractivity contribution in [3.05, 3.63) is 47.7 Å². The van der Waals surface area contributed by atoms with Crippen LogP contribution >= 0.6 is 23.2 Å². The molecule has 1 heterocycles. The second-order valence-electron chi connectivity index (χ2n) is 4.07. The Labute approximate surface area is 135 Å². The summed E-state index contributed by atoms with van der Waals surface area (Å²) in [4.78, 5) is 22.9. The van der Waals surface area contributed by atoms with Gasteiger partial charge in [0.2, 0.25) is 17.8 Å². The van der Waals surface area contributed by atoms with E-state index in [1.807, 2.05) is 0 Å². The van der Waals surface area contributed by atoms with Crippen molar-refractivity contribution >= 4 is 35.1 Å². The number of nitrogens with one attached hydrogen (secondary N) is 1. The quantitative estimate of drug-likeness (QED) is 0.660. The van der Waals surface area contributed by atoms with E-state index in [2.05, 4.69) is 20.3 Å². The van der Waals surface area contributed by atoms with E-state index in [4.69, 9.17) is 27.6 Å². The van der Waals surface area contributed by atoms with Crippen molar-refractivity contribution in [1.82, 2.24) is 15.5 Å². The molecule has 1 unspecified atom stereocenters. The van der Waals surface area contributed by atoms with Crippen molar-refractivity contribution in [2.75, 3.05) is 7.11 Å². The number of halogens is 2. The highest BCUT2D eigenvalue weighted by atomic mass is 35.5. The van der Waals surface area contributed by atoms with Gasteiger partial charge in [0, 0.05) is 5.56 Å². The Morgan fingerprint density at radius 2 is 1.82 bits per heavy atom. The first-order valence-electron chi connectivity index (χ1n) is 6.08. The van der Waals surface area contributed by atoms with Crippen LogP contribution in [0.25, 0.3) is 0 Å². The maximum atomic E-state index is 12.1. The van der Waals surface area contributed by atoms with Crippen molar-refractivity contribution in [2.24, 2.45) is 0 Å². The minimum Gasteiger partial charge on any atom is -0.467 e. The Bertz CT molecular complexity index is 660. The average molecular weight is 344 g/mol. The fourth-order valence-electron chi connectivity index (χ4n) is 1.59. The molecular weight excluding hydrogens is 333 g/mol. The lowest BCUT2D eigenvalue weighted by molar-refractivity contribution is -0.143. The van der Waals surface area contributed by atoms with Crippen LogP contribution in [0, 0.1) is 0 Å². The molecule has 1 amide bonds. The predicted octanol–water partition coefficient (Wildman–Crippen LogP) is 2.19. The van der Waals surface area contributed by atoms with Gasteiger partial charge in [0.25, 0.3) is 5.91 Å². The molecule has 2 aromatic rings. The second kappa shape index (κ2) is 7.24. The third-order valence-corrected chi connectivity index (χ3v) is 3.01. The van der Waals surface area contributed by atoms with Gasteiger partial charge in [0.1, 0.15) is 0 Å². The zero-order valence-corrected chi connectivity index (χ0v) is 12.8. The fourth-order valence-corrected chi connectivity index (χ4v) is 1.77. The molecule has 7 nitrogen and oxygen atoms in total. The van der Waals surface area contributed by atoms with Crippen molar-refractivity contribution in [1.29, 1.82) is 0 Å². The molecule has 2 rings (SSSR count). The molecule has 1 atom stereocenters. The first-order chi connectivity index (χ1) is 10.5. The molecule has 0 saturated carbocycles. The van der Waals surface area contributed by atoms with Crippen LogP contribution in [-0.4, -0.2) is 29.2 Å². The summed E-state index contributed by atoms with van der Waals surface area (Å²) in [5, 5.41) is 9.70. The summed E-state index contributed by atoms with van der Waals surface area (Å²) in [5.41, 5.74) is 0.365. The summed E-state index contributed by atoms with van der Waals surface area (Å²) >= 11 is 11.2. The Morgan fingerprint density at radius 3 is 2.36 bits per heavy atom. The standard InChI is InChI=1S/C13H11Cl2N3O4/c1-21-13(20)8(11-17-18-12(22-11)9(14)15)16-10(19)7-5-3-2-4-6-7/h2-6,8-9H,1H3,(H,16,19). The minimum atomic E-state index is -1.26. The molecule has 0 aliphatic heterocycles. The number of aromatic nitrogens is 2. The van der Waals surface area contributed by atoms with Gasteiger partial charge in [-0.25, -0.2) is 4.79 Å². The number of amides is 1. The topological polar surface area (TPSA) is 94.3 Å². The lowest BCUT2D eigenvalue weighted by Crippen LogP contribution is -2.34. The Hall–Kier alpha value is -2.12. The van der Waals surface area contributed by atoms with Gasteiger partial charge in [0.15, 0.2) is 4.84 Å². The van der Waals surface area contributed by atoms with Crippen LogP contribution in [-0.2, 0) is 9.53 Å². The first kappa shape index (κ1) is 16.3. The molecule has 0 bridgehead atoms. The fraction of sp³-hybridized carbons (Fsp3) is 0.231. The molecule has 0 spiro atoms. The molecule has 0 fully saturated rings. The molecular formula is C13H11Cl2N3O4. The van der Waals surface area contributed by atoms with E-state index in [0.29, 0.717) is 5.56 Å². The number of carbonyl (C=O) groups excluding carboxylic acids is 2. The number of nitrogens with zero attached hydrogens (tertiary/aromatic N) is 2. The largest absolute Gasteiger partial charge is 0.467 e. The van der Waals surface area contributed by atoms with E-state index in [1.54, 1.807) is 30.3 Å². The van der Waals surface area contributed by atoms with Crippen LogP contribution in [0.1, 0.15) is 33.0 Å². The Morgan fingerprint density at radius 1 is 1.18 bits per heavy atom. The smallest absolute Gasteiger partial charge is 0.338 e. The number of methoxy groups -OCH3 is 1. The van der Waals surface area contributed by atoms with Gasteiger partial charge >= 0.3 is 5.97 Å². The Kier molecular flexibility index (Phi) is 5.35. The number of ether oxygens (including phenoxy) is 1. The maximum Gasteiger partial charge on any atom is 0.338 e. The number of hydrogen-bond acceptors (Lipinski definition) is 6. The van der Waals surface area contributed by atoms with E-state index < -0.39 is 22.8 Å². The van der Waals surface area contributed by atoms with Crippen LogP contribution < -0.4 is 5.32 Å². The lowest BCUT2D eigenvalue weighted by atomic mass is 10.2. The summed E-state index contributed by atoms with van der Waals surface area (Å²) < 4.78 is 9.79. The molecule has 9 heteroatoms. The third kappa shape index (κ3) is 3.75. The third-order valence-electron chi connectivity index (χ3n) is 2.64. The van der Waals surface area contributed by atoms with E-state index in [0.717, 1.165) is 0 Å². The lowest BCUT2D eigenvalue weighted by Gasteiger charge is -2.12. The summed E-state index contributed by atoms with van der Waals surface area (Å²) in [5.74, 6) is -1.51. The van der Waals surface area contributed by atoms with E-state index in [9.17, 15) is 9.59 Å². The molecule has 0 radical (unpaired) electrons. The van der Waals surface area contributed by atoms with Gasteiger partial charge in [-0.15, -0.1) is 10.2 Å². The molecule has 0 aliphatic rings. The summed E-state index contributed by atoms with van der Waals surface area (Å²) in [6, 6.07) is 7.08. The summed E-state index contributed by atoms with van der Waals surface area (Å²) in [6.45, 7) is 0. The highest BCUT2D eigenvalue weighted by molar-refractivity contribution is 6.43. The second-order valence-corrected chi connectivity index (χ2v) is 5.17. The predicted molar refractivity (Wildman–Crippen MR) is 77.4 cm³/mol. The SMILES string of the molecule is COC(=O)C(NC(=O)c1ccccc1)c1nnc(C(Cl)Cl)o1. The number of rotatable bonds is 5. The minimum absolute atomic E-state index is 0.0822. The molecule has 1 aromatic heterocycles. The van der Waals surface area contributed by atoms with E-state index in [1.165, 1.54) is 7.11 Å². The average Bonchev–Trinajstić information content (AvgIpc) is 3.02. The van der Waals surface area contributed by atoms with E-state index in [-0.39, 0.29) is 11.8 Å². The van der Waals surface area contributed by atoms with E-state index >= 15 is 0 Å². The normalized spacial score (nSPS) is 12.0. The zero-order valence-electron chi connectivity index (χ0n) is 11.3. The first-order valence-corrected chi connectivity index (χ1v) is 6.95. The highest BCUT2D eigenvalue weighted by Crippen LogP contribution is 2.25. The van der Waals surface area contributed by atoms with Crippen LogP contribution in [0.4, 0.5) is 0 Å². The molecule has 1 aromatic carbocycles. The maximum absolute atomic E-state index is 12.1. The number of benzene rings is 1. The van der Waals surface area contributed by atoms with Crippen LogP contribution in [0.2, 0.25) is 0 Å². The molecule has 1 N–H and O–H groups in total. The number of esters is 1. The molecule has 0 saturated heterocycles. The molecule has 22 heavy (non-hydrogen) atoms. The summed E-state index contributed by atoms with van der Waals surface area (Å²) in [7, 11) is 1.17. The van der Waals surface area contributed by atoms with Crippen molar-refractivity contribution in [3.63, 3.8) is 0 Å². The number of alkyl halides is 2. The van der Waals surface area contributed by atoms with Crippen molar-refractivity contribution in [2.45, 2.75) is 10.9 Å². The van der Waals surface area contributed by atoms with Crippen molar-refractivity contribution < 1.29 is 18.7 Å².